The Labute approximate surface area is 116 Å². The van der Waals surface area contributed by atoms with Crippen molar-refractivity contribution in [1.29, 1.82) is 5.26 Å². The molecule has 0 aliphatic carbocycles. The lowest BCUT2D eigenvalue weighted by Gasteiger charge is -2.09. The maximum absolute atomic E-state index is 13.3. The normalized spacial score (nSPS) is 10.0. The summed E-state index contributed by atoms with van der Waals surface area (Å²) >= 11 is 6.00. The van der Waals surface area contributed by atoms with Gasteiger partial charge in [0.1, 0.15) is 18.2 Å². The van der Waals surface area contributed by atoms with E-state index < -0.39 is 5.82 Å². The third-order valence-electron chi connectivity index (χ3n) is 2.57. The van der Waals surface area contributed by atoms with Crippen molar-refractivity contribution >= 4 is 11.6 Å². The predicted molar refractivity (Wildman–Crippen MR) is 71.6 cm³/mol. The first-order valence-electron chi connectivity index (χ1n) is 5.67. The van der Waals surface area contributed by atoms with Gasteiger partial charge in [0.05, 0.1) is 16.7 Å². The zero-order valence-electron chi connectivity index (χ0n) is 10.3. The molecule has 2 aromatic rings. The molecule has 2 rings (SSSR count). The summed E-state index contributed by atoms with van der Waals surface area (Å²) in [6, 6.07) is 11.5. The quantitative estimate of drug-likeness (QED) is 0.839. The fourth-order valence-electron chi connectivity index (χ4n) is 1.68. The highest BCUT2D eigenvalue weighted by atomic mass is 35.5. The molecule has 4 heteroatoms. The third kappa shape index (κ3) is 3.46. The fraction of sp³-hybridized carbons (Fsp3) is 0.133. The van der Waals surface area contributed by atoms with Crippen LogP contribution in [-0.4, -0.2) is 0 Å². The second kappa shape index (κ2) is 5.73. The standard InChI is InChI=1S/C15H11ClFNO/c1-10-2-3-14(16)15(4-10)19-9-12-5-11(8-18)6-13(17)7-12/h2-7H,9H2,1H3. The van der Waals surface area contributed by atoms with Gasteiger partial charge in [-0.1, -0.05) is 17.7 Å². The van der Waals surface area contributed by atoms with E-state index >= 15 is 0 Å². The molecule has 96 valence electrons. The smallest absolute Gasteiger partial charge is 0.138 e. The van der Waals surface area contributed by atoms with Gasteiger partial charge in [-0.3, -0.25) is 0 Å². The fourth-order valence-corrected chi connectivity index (χ4v) is 1.85. The van der Waals surface area contributed by atoms with Crippen molar-refractivity contribution in [2.45, 2.75) is 13.5 Å². The minimum absolute atomic E-state index is 0.162. The maximum atomic E-state index is 13.3. The number of hydrogen-bond acceptors (Lipinski definition) is 2. The van der Waals surface area contributed by atoms with Crippen molar-refractivity contribution in [1.82, 2.24) is 0 Å². The Kier molecular flexibility index (Phi) is 4.03. The van der Waals surface area contributed by atoms with Crippen LogP contribution in [0.1, 0.15) is 16.7 Å². The molecule has 0 N–H and O–H groups in total. The molecular formula is C15H11ClFNO. The van der Waals surface area contributed by atoms with Crippen LogP contribution in [0.25, 0.3) is 0 Å². The summed E-state index contributed by atoms with van der Waals surface area (Å²) in [5.41, 5.74) is 1.89. The van der Waals surface area contributed by atoms with Crippen LogP contribution >= 0.6 is 11.6 Å². The Hall–Kier alpha value is -2.05. The van der Waals surface area contributed by atoms with E-state index in [9.17, 15) is 4.39 Å². The molecule has 0 bridgehead atoms. The highest BCUT2D eigenvalue weighted by molar-refractivity contribution is 6.32. The molecule has 19 heavy (non-hydrogen) atoms. The Bertz CT molecular complexity index is 649. The Balaban J connectivity index is 2.17. The number of nitrogens with zero attached hydrogens (tertiary/aromatic N) is 1. The number of hydrogen-bond donors (Lipinski definition) is 0. The summed E-state index contributed by atoms with van der Waals surface area (Å²) in [7, 11) is 0. The lowest BCUT2D eigenvalue weighted by molar-refractivity contribution is 0.305. The molecule has 0 aliphatic heterocycles. The first kappa shape index (κ1) is 13.4. The molecule has 0 aliphatic rings. The predicted octanol–water partition coefficient (Wildman–Crippen LogP) is 4.24. The molecule has 0 aromatic heterocycles. The van der Waals surface area contributed by atoms with Gasteiger partial charge in [-0.15, -0.1) is 0 Å². The van der Waals surface area contributed by atoms with E-state index in [1.165, 1.54) is 12.1 Å². The topological polar surface area (TPSA) is 33.0 Å². The number of nitriles is 1. The van der Waals surface area contributed by atoms with Gasteiger partial charge in [-0.2, -0.15) is 5.26 Å². The largest absolute Gasteiger partial charge is 0.487 e. The molecule has 0 saturated heterocycles. The van der Waals surface area contributed by atoms with Gasteiger partial charge in [0.2, 0.25) is 0 Å². The molecule has 0 saturated carbocycles. The van der Waals surface area contributed by atoms with Crippen molar-refractivity contribution in [2.75, 3.05) is 0 Å². The van der Waals surface area contributed by atoms with E-state index in [1.54, 1.807) is 12.1 Å². The van der Waals surface area contributed by atoms with Gasteiger partial charge in [0.25, 0.3) is 0 Å². The number of ether oxygens (including phenoxy) is 1. The van der Waals surface area contributed by atoms with Gasteiger partial charge >= 0.3 is 0 Å². The molecule has 0 spiro atoms. The molecule has 0 unspecified atom stereocenters. The van der Waals surface area contributed by atoms with Crippen molar-refractivity contribution < 1.29 is 9.13 Å². The SMILES string of the molecule is Cc1ccc(Cl)c(OCc2cc(F)cc(C#N)c2)c1. The number of aryl methyl sites for hydroxylation is 1. The Morgan fingerprint density at radius 2 is 2.05 bits per heavy atom. The van der Waals surface area contributed by atoms with Gasteiger partial charge in [-0.25, -0.2) is 4.39 Å². The first-order chi connectivity index (χ1) is 9.08. The summed E-state index contributed by atoms with van der Waals surface area (Å²) in [5, 5.41) is 9.28. The summed E-state index contributed by atoms with van der Waals surface area (Å²) in [6.07, 6.45) is 0. The van der Waals surface area contributed by atoms with Gasteiger partial charge < -0.3 is 4.74 Å². The first-order valence-corrected chi connectivity index (χ1v) is 6.05. The van der Waals surface area contributed by atoms with Crippen LogP contribution in [0.15, 0.2) is 36.4 Å². The molecular weight excluding hydrogens is 265 g/mol. The zero-order valence-corrected chi connectivity index (χ0v) is 11.0. The molecule has 0 atom stereocenters. The van der Waals surface area contributed by atoms with Crippen molar-refractivity contribution in [3.63, 3.8) is 0 Å². The lowest BCUT2D eigenvalue weighted by Crippen LogP contribution is -1.98. The molecule has 0 fully saturated rings. The van der Waals surface area contributed by atoms with Crippen LogP contribution in [0.4, 0.5) is 4.39 Å². The summed E-state index contributed by atoms with van der Waals surface area (Å²) < 4.78 is 18.8. The highest BCUT2D eigenvalue weighted by Crippen LogP contribution is 2.26. The van der Waals surface area contributed by atoms with Crippen LogP contribution in [0.2, 0.25) is 5.02 Å². The lowest BCUT2D eigenvalue weighted by atomic mass is 10.1. The van der Waals surface area contributed by atoms with Gasteiger partial charge in [-0.05, 0) is 48.4 Å². The maximum Gasteiger partial charge on any atom is 0.138 e. The third-order valence-corrected chi connectivity index (χ3v) is 2.88. The second-order valence-electron chi connectivity index (χ2n) is 4.18. The van der Waals surface area contributed by atoms with Crippen molar-refractivity contribution in [3.8, 4) is 11.8 Å². The van der Waals surface area contributed by atoms with E-state index in [4.69, 9.17) is 21.6 Å². The minimum Gasteiger partial charge on any atom is -0.487 e. The van der Waals surface area contributed by atoms with Gasteiger partial charge in [0.15, 0.2) is 0 Å². The van der Waals surface area contributed by atoms with Crippen LogP contribution in [0, 0.1) is 24.1 Å². The summed E-state index contributed by atoms with van der Waals surface area (Å²) in [4.78, 5) is 0. The summed E-state index contributed by atoms with van der Waals surface area (Å²) in [6.45, 7) is 2.09. The Morgan fingerprint density at radius 1 is 1.26 bits per heavy atom. The van der Waals surface area contributed by atoms with E-state index in [1.807, 2.05) is 25.1 Å². The Morgan fingerprint density at radius 3 is 2.79 bits per heavy atom. The van der Waals surface area contributed by atoms with Crippen LogP contribution in [0.3, 0.4) is 0 Å². The molecule has 2 aromatic carbocycles. The highest BCUT2D eigenvalue weighted by Gasteiger charge is 2.05. The number of rotatable bonds is 3. The molecule has 0 heterocycles. The monoisotopic (exact) mass is 275 g/mol. The summed E-state index contributed by atoms with van der Waals surface area (Å²) in [5.74, 6) is 0.0948. The van der Waals surface area contributed by atoms with Crippen LogP contribution in [-0.2, 0) is 6.61 Å². The molecule has 0 radical (unpaired) electrons. The number of halogens is 2. The van der Waals surface area contributed by atoms with E-state index in [-0.39, 0.29) is 12.2 Å². The van der Waals surface area contributed by atoms with Crippen molar-refractivity contribution in [2.24, 2.45) is 0 Å². The molecule has 2 nitrogen and oxygen atoms in total. The van der Waals surface area contributed by atoms with E-state index in [0.29, 0.717) is 16.3 Å². The number of benzene rings is 2. The van der Waals surface area contributed by atoms with E-state index in [2.05, 4.69) is 0 Å². The minimum atomic E-state index is -0.451. The van der Waals surface area contributed by atoms with Crippen LogP contribution in [0.5, 0.6) is 5.75 Å². The molecule has 0 amide bonds. The average Bonchev–Trinajstić information content (AvgIpc) is 2.39. The van der Waals surface area contributed by atoms with E-state index in [0.717, 1.165) is 5.56 Å². The average molecular weight is 276 g/mol. The zero-order chi connectivity index (χ0) is 13.8. The van der Waals surface area contributed by atoms with Crippen molar-refractivity contribution in [3.05, 3.63) is 63.9 Å². The van der Waals surface area contributed by atoms with Gasteiger partial charge in [0, 0.05) is 0 Å². The second-order valence-corrected chi connectivity index (χ2v) is 4.59. The van der Waals surface area contributed by atoms with Crippen LogP contribution < -0.4 is 4.74 Å².